The molecule has 1 aliphatic rings. The van der Waals surface area contributed by atoms with Gasteiger partial charge in [0.15, 0.2) is 0 Å². The lowest BCUT2D eigenvalue weighted by Gasteiger charge is -2.23. The lowest BCUT2D eigenvalue weighted by Crippen LogP contribution is -2.35. The van der Waals surface area contributed by atoms with Gasteiger partial charge in [-0.05, 0) is 42.8 Å². The fraction of sp³-hybridized carbons (Fsp3) is 0.286. The Balaban J connectivity index is 1.42. The second kappa shape index (κ2) is 8.70. The van der Waals surface area contributed by atoms with Crippen LogP contribution in [0.2, 0.25) is 0 Å². The van der Waals surface area contributed by atoms with E-state index in [2.05, 4.69) is 26.0 Å². The third-order valence-corrected chi connectivity index (χ3v) is 5.63. The molecule has 1 fully saturated rings. The van der Waals surface area contributed by atoms with Gasteiger partial charge >= 0.3 is 6.18 Å². The number of halogens is 4. The summed E-state index contributed by atoms with van der Waals surface area (Å²) < 4.78 is 40.9. The fourth-order valence-electron chi connectivity index (χ4n) is 3.44. The molecule has 4 rings (SSSR count). The summed E-state index contributed by atoms with van der Waals surface area (Å²) in [5.74, 6) is 0.357. The van der Waals surface area contributed by atoms with E-state index >= 15 is 0 Å². The molecule has 2 aromatic heterocycles. The van der Waals surface area contributed by atoms with E-state index in [9.17, 15) is 18.0 Å². The van der Waals surface area contributed by atoms with Crippen LogP contribution in [0.25, 0.3) is 5.69 Å². The molecular weight excluding hydrogens is 475 g/mol. The van der Waals surface area contributed by atoms with Crippen LogP contribution in [0.1, 0.15) is 22.3 Å². The minimum Gasteiger partial charge on any atom is -0.355 e. The van der Waals surface area contributed by atoms with Crippen LogP contribution in [0.5, 0.6) is 0 Å². The number of nitrogens with zero attached hydrogens (tertiary/aromatic N) is 5. The highest BCUT2D eigenvalue weighted by Crippen LogP contribution is 2.29. The molecular formula is C21H19BrF3N5O. The Labute approximate surface area is 185 Å². The summed E-state index contributed by atoms with van der Waals surface area (Å²) in [5.41, 5.74) is 0.562. The van der Waals surface area contributed by atoms with Gasteiger partial charge in [0.1, 0.15) is 5.82 Å². The highest BCUT2D eigenvalue weighted by Gasteiger charge is 2.31. The summed E-state index contributed by atoms with van der Waals surface area (Å²) in [6.07, 6.45) is 0.374. The van der Waals surface area contributed by atoms with Crippen molar-refractivity contribution in [2.75, 3.05) is 31.1 Å². The van der Waals surface area contributed by atoms with Crippen LogP contribution < -0.4 is 4.90 Å². The average Bonchev–Trinajstić information content (AvgIpc) is 3.11. The third-order valence-electron chi connectivity index (χ3n) is 5.10. The zero-order chi connectivity index (χ0) is 22.0. The zero-order valence-electron chi connectivity index (χ0n) is 16.4. The standard InChI is InChI=1S/C21H19BrF3N5O/c22-17-3-5-18(6-4-17)30-14-15(12-27-30)20(31)29-9-1-8-28(10-11-29)19-7-2-16(13-26-19)21(23,24)25/h2-7,12-14H,1,8-11H2. The third kappa shape index (κ3) is 4.90. The Morgan fingerprint density at radius 2 is 1.74 bits per heavy atom. The summed E-state index contributed by atoms with van der Waals surface area (Å²) in [7, 11) is 0. The smallest absolute Gasteiger partial charge is 0.355 e. The van der Waals surface area contributed by atoms with Gasteiger partial charge in [-0.25, -0.2) is 9.67 Å². The van der Waals surface area contributed by atoms with Gasteiger partial charge in [-0.1, -0.05) is 15.9 Å². The lowest BCUT2D eigenvalue weighted by atomic mass is 10.2. The van der Waals surface area contributed by atoms with E-state index in [0.717, 1.165) is 22.4 Å². The minimum absolute atomic E-state index is 0.120. The molecule has 0 unspecified atom stereocenters. The molecule has 1 aromatic carbocycles. The number of hydrogen-bond donors (Lipinski definition) is 0. The molecule has 0 aliphatic carbocycles. The van der Waals surface area contributed by atoms with Crippen LogP contribution in [0.3, 0.4) is 0 Å². The summed E-state index contributed by atoms with van der Waals surface area (Å²) in [5, 5.41) is 4.29. The van der Waals surface area contributed by atoms with Crippen molar-refractivity contribution in [2.24, 2.45) is 0 Å². The number of carbonyl (C=O) groups excluding carboxylic acids is 1. The van der Waals surface area contributed by atoms with Crippen molar-refractivity contribution in [1.82, 2.24) is 19.7 Å². The fourth-order valence-corrected chi connectivity index (χ4v) is 3.71. The number of carbonyl (C=O) groups is 1. The molecule has 6 nitrogen and oxygen atoms in total. The van der Waals surface area contributed by atoms with Crippen LogP contribution in [0.15, 0.2) is 59.5 Å². The molecule has 3 aromatic rings. The largest absolute Gasteiger partial charge is 0.417 e. The lowest BCUT2D eigenvalue weighted by molar-refractivity contribution is -0.137. The van der Waals surface area contributed by atoms with Crippen LogP contribution in [0.4, 0.5) is 19.0 Å². The van der Waals surface area contributed by atoms with E-state index in [0.29, 0.717) is 44.0 Å². The molecule has 0 saturated carbocycles. The number of rotatable bonds is 3. The number of anilines is 1. The summed E-state index contributed by atoms with van der Waals surface area (Å²) in [6.45, 7) is 2.11. The molecule has 31 heavy (non-hydrogen) atoms. The van der Waals surface area contributed by atoms with Crippen LogP contribution in [-0.2, 0) is 6.18 Å². The van der Waals surface area contributed by atoms with Gasteiger partial charge in [0.2, 0.25) is 0 Å². The molecule has 0 N–H and O–H groups in total. The molecule has 3 heterocycles. The monoisotopic (exact) mass is 493 g/mol. The second-order valence-corrected chi connectivity index (χ2v) is 8.10. The van der Waals surface area contributed by atoms with E-state index in [4.69, 9.17) is 0 Å². The molecule has 1 amide bonds. The Kier molecular flexibility index (Phi) is 5.99. The van der Waals surface area contributed by atoms with Crippen molar-refractivity contribution >= 4 is 27.7 Å². The predicted octanol–water partition coefficient (Wildman–Crippen LogP) is 4.40. The van der Waals surface area contributed by atoms with E-state index < -0.39 is 11.7 Å². The van der Waals surface area contributed by atoms with E-state index in [1.807, 2.05) is 29.2 Å². The van der Waals surface area contributed by atoms with E-state index in [1.54, 1.807) is 22.0 Å². The molecule has 1 saturated heterocycles. The van der Waals surface area contributed by atoms with Gasteiger partial charge in [-0.15, -0.1) is 0 Å². The summed E-state index contributed by atoms with van der Waals surface area (Å²) in [4.78, 5) is 20.6. The van der Waals surface area contributed by atoms with Crippen molar-refractivity contribution in [1.29, 1.82) is 0 Å². The Hall–Kier alpha value is -2.88. The van der Waals surface area contributed by atoms with Gasteiger partial charge in [0.05, 0.1) is 23.0 Å². The quantitative estimate of drug-likeness (QED) is 0.542. The van der Waals surface area contributed by atoms with Crippen LogP contribution in [0, 0.1) is 0 Å². The predicted molar refractivity (Wildman–Crippen MR) is 113 cm³/mol. The number of aromatic nitrogens is 3. The first-order valence-corrected chi connectivity index (χ1v) is 10.5. The van der Waals surface area contributed by atoms with Gasteiger partial charge in [0.25, 0.3) is 5.91 Å². The first kappa shape index (κ1) is 21.4. The Morgan fingerprint density at radius 3 is 2.42 bits per heavy atom. The van der Waals surface area contributed by atoms with Crippen LogP contribution >= 0.6 is 15.9 Å². The van der Waals surface area contributed by atoms with Gasteiger partial charge < -0.3 is 9.80 Å². The number of pyridine rings is 1. The number of alkyl halides is 3. The van der Waals surface area contributed by atoms with Crippen molar-refractivity contribution in [2.45, 2.75) is 12.6 Å². The van der Waals surface area contributed by atoms with Crippen molar-refractivity contribution in [3.05, 3.63) is 70.6 Å². The molecule has 0 spiro atoms. The van der Waals surface area contributed by atoms with Gasteiger partial charge in [-0.3, -0.25) is 4.79 Å². The molecule has 1 aliphatic heterocycles. The van der Waals surface area contributed by atoms with Crippen molar-refractivity contribution < 1.29 is 18.0 Å². The molecule has 10 heteroatoms. The SMILES string of the molecule is O=C(c1cnn(-c2ccc(Br)cc2)c1)N1CCCN(c2ccc(C(F)(F)F)cn2)CC1. The summed E-state index contributed by atoms with van der Waals surface area (Å²) >= 11 is 3.39. The van der Waals surface area contributed by atoms with Crippen molar-refractivity contribution in [3.63, 3.8) is 0 Å². The van der Waals surface area contributed by atoms with Gasteiger partial charge in [0, 0.05) is 43.0 Å². The average molecular weight is 494 g/mol. The maximum atomic E-state index is 13.0. The van der Waals surface area contributed by atoms with E-state index in [-0.39, 0.29) is 5.91 Å². The number of amides is 1. The van der Waals surface area contributed by atoms with E-state index in [1.165, 1.54) is 6.07 Å². The number of benzene rings is 1. The molecule has 0 radical (unpaired) electrons. The first-order valence-electron chi connectivity index (χ1n) is 9.69. The topological polar surface area (TPSA) is 54.3 Å². The maximum absolute atomic E-state index is 13.0. The Morgan fingerprint density at radius 1 is 0.968 bits per heavy atom. The maximum Gasteiger partial charge on any atom is 0.417 e. The van der Waals surface area contributed by atoms with Gasteiger partial charge in [-0.2, -0.15) is 18.3 Å². The second-order valence-electron chi connectivity index (χ2n) is 7.19. The van der Waals surface area contributed by atoms with Crippen molar-refractivity contribution in [3.8, 4) is 5.69 Å². The van der Waals surface area contributed by atoms with Crippen LogP contribution in [-0.4, -0.2) is 51.8 Å². The molecule has 162 valence electrons. The molecule has 0 bridgehead atoms. The summed E-state index contributed by atoms with van der Waals surface area (Å²) in [6, 6.07) is 10.0. The highest BCUT2D eigenvalue weighted by atomic mass is 79.9. The highest BCUT2D eigenvalue weighted by molar-refractivity contribution is 9.10. The Bertz CT molecular complexity index is 1050. The zero-order valence-corrected chi connectivity index (χ0v) is 18.0. The molecule has 0 atom stereocenters. The normalized spacial score (nSPS) is 15.1. The first-order chi connectivity index (χ1) is 14.8. The number of hydrogen-bond acceptors (Lipinski definition) is 4. The minimum atomic E-state index is -4.41.